The van der Waals surface area contributed by atoms with Gasteiger partial charge in [0.05, 0.1) is 12.3 Å². The summed E-state index contributed by atoms with van der Waals surface area (Å²) in [7, 11) is 0. The Morgan fingerprint density at radius 1 is 1.24 bits per heavy atom. The molecule has 0 aliphatic carbocycles. The molecule has 0 saturated carbocycles. The molecular weight excluding hydrogens is 232 g/mol. The van der Waals surface area contributed by atoms with Gasteiger partial charge in [-0.3, -0.25) is 0 Å². The van der Waals surface area contributed by atoms with E-state index in [1.807, 2.05) is 30.5 Å². The van der Waals surface area contributed by atoms with Crippen molar-refractivity contribution in [2.24, 2.45) is 0 Å². The van der Waals surface area contributed by atoms with Crippen molar-refractivity contribution in [3.8, 4) is 17.0 Å². The molecule has 0 aliphatic heterocycles. The van der Waals surface area contributed by atoms with Gasteiger partial charge in [0.1, 0.15) is 5.75 Å². The molecular formula is C13H16N2OS. The minimum absolute atomic E-state index is 0.642. The predicted molar refractivity (Wildman–Crippen MR) is 71.8 cm³/mol. The Morgan fingerprint density at radius 3 is 2.59 bits per heavy atom. The molecule has 4 heteroatoms. The van der Waals surface area contributed by atoms with Crippen LogP contribution in [-0.2, 0) is 0 Å². The van der Waals surface area contributed by atoms with E-state index >= 15 is 0 Å². The summed E-state index contributed by atoms with van der Waals surface area (Å²) >= 11 is 4.99. The summed E-state index contributed by atoms with van der Waals surface area (Å²) in [4.78, 5) is 6.03. The van der Waals surface area contributed by atoms with Gasteiger partial charge in [-0.05, 0) is 48.5 Å². The number of hydrogen-bond donors (Lipinski definition) is 2. The molecule has 17 heavy (non-hydrogen) atoms. The van der Waals surface area contributed by atoms with E-state index in [1.165, 1.54) is 0 Å². The zero-order chi connectivity index (χ0) is 12.1. The lowest BCUT2D eigenvalue weighted by atomic mass is 10.2. The Kier molecular flexibility index (Phi) is 3.98. The minimum atomic E-state index is 0.642. The number of aromatic nitrogens is 2. The highest BCUT2D eigenvalue weighted by Gasteiger charge is 1.99. The van der Waals surface area contributed by atoms with E-state index < -0.39 is 0 Å². The average Bonchev–Trinajstić information content (AvgIpc) is 2.77. The quantitative estimate of drug-likeness (QED) is 0.622. The second kappa shape index (κ2) is 5.68. The number of unbranched alkanes of at least 4 members (excludes halogenated alkanes) is 1. The molecule has 0 fully saturated rings. The third kappa shape index (κ3) is 3.20. The van der Waals surface area contributed by atoms with E-state index in [1.54, 1.807) is 0 Å². The maximum atomic E-state index is 5.60. The fraction of sp³-hybridized carbons (Fsp3) is 0.308. The van der Waals surface area contributed by atoms with Crippen LogP contribution >= 0.6 is 12.2 Å². The van der Waals surface area contributed by atoms with Gasteiger partial charge in [0.25, 0.3) is 0 Å². The minimum Gasteiger partial charge on any atom is -0.494 e. The number of ether oxygens (including phenoxy) is 1. The molecule has 1 aromatic heterocycles. The van der Waals surface area contributed by atoms with E-state index in [2.05, 4.69) is 16.9 Å². The molecule has 1 heterocycles. The van der Waals surface area contributed by atoms with Gasteiger partial charge in [-0.1, -0.05) is 13.3 Å². The summed E-state index contributed by atoms with van der Waals surface area (Å²) in [6, 6.07) is 8.01. The van der Waals surface area contributed by atoms with Crippen molar-refractivity contribution in [2.45, 2.75) is 19.8 Å². The molecule has 0 bridgehead atoms. The lowest BCUT2D eigenvalue weighted by molar-refractivity contribution is 0.309. The van der Waals surface area contributed by atoms with E-state index in [-0.39, 0.29) is 0 Å². The van der Waals surface area contributed by atoms with Crippen molar-refractivity contribution in [3.05, 3.63) is 35.2 Å². The molecule has 0 atom stereocenters. The van der Waals surface area contributed by atoms with Crippen molar-refractivity contribution >= 4 is 12.2 Å². The molecule has 2 aromatic rings. The van der Waals surface area contributed by atoms with Crippen LogP contribution in [0.25, 0.3) is 11.3 Å². The number of hydrogen-bond acceptors (Lipinski definition) is 2. The summed E-state index contributed by atoms with van der Waals surface area (Å²) in [5, 5.41) is 0. The van der Waals surface area contributed by atoms with Crippen LogP contribution in [0.3, 0.4) is 0 Å². The van der Waals surface area contributed by atoms with Crippen LogP contribution in [-0.4, -0.2) is 16.6 Å². The summed E-state index contributed by atoms with van der Waals surface area (Å²) in [6.45, 7) is 2.93. The van der Waals surface area contributed by atoms with Gasteiger partial charge < -0.3 is 14.7 Å². The molecule has 0 aliphatic rings. The predicted octanol–water partition coefficient (Wildman–Crippen LogP) is 3.92. The number of imidazole rings is 1. The van der Waals surface area contributed by atoms with Crippen molar-refractivity contribution in [3.63, 3.8) is 0 Å². The van der Waals surface area contributed by atoms with Gasteiger partial charge in [-0.25, -0.2) is 0 Å². The molecule has 0 saturated heterocycles. The summed E-state index contributed by atoms with van der Waals surface area (Å²) < 4.78 is 6.25. The van der Waals surface area contributed by atoms with Gasteiger partial charge in [-0.15, -0.1) is 0 Å². The number of aromatic amines is 2. The standard InChI is InChI=1S/C13H16N2OS/c1-2-3-8-16-11-6-4-10(5-7-11)12-9-14-13(17)15-12/h4-7,9H,2-3,8H2,1H3,(H2,14,15,17). The van der Waals surface area contributed by atoms with Crippen LogP contribution in [0.1, 0.15) is 19.8 Å². The van der Waals surface area contributed by atoms with Crippen molar-refractivity contribution in [1.82, 2.24) is 9.97 Å². The third-order valence-corrected chi connectivity index (χ3v) is 2.75. The lowest BCUT2D eigenvalue weighted by Crippen LogP contribution is -1.95. The van der Waals surface area contributed by atoms with Crippen LogP contribution in [0.15, 0.2) is 30.5 Å². The third-order valence-electron chi connectivity index (χ3n) is 2.53. The van der Waals surface area contributed by atoms with Crippen molar-refractivity contribution < 1.29 is 4.74 Å². The molecule has 0 spiro atoms. The number of rotatable bonds is 5. The molecule has 90 valence electrons. The summed E-state index contributed by atoms with van der Waals surface area (Å²) in [5.74, 6) is 0.913. The Balaban J connectivity index is 2.05. The van der Waals surface area contributed by atoms with Gasteiger partial charge >= 0.3 is 0 Å². The monoisotopic (exact) mass is 248 g/mol. The first-order valence-corrected chi connectivity index (χ1v) is 6.21. The fourth-order valence-corrected chi connectivity index (χ4v) is 1.72. The Bertz CT molecular complexity index is 513. The Labute approximate surface area is 106 Å². The van der Waals surface area contributed by atoms with Crippen LogP contribution in [0.2, 0.25) is 0 Å². The summed E-state index contributed by atoms with van der Waals surface area (Å²) in [5.41, 5.74) is 2.09. The number of nitrogens with one attached hydrogen (secondary N) is 2. The first kappa shape index (κ1) is 11.9. The second-order valence-electron chi connectivity index (χ2n) is 3.88. The van der Waals surface area contributed by atoms with Gasteiger partial charge in [0, 0.05) is 6.20 Å². The largest absolute Gasteiger partial charge is 0.494 e. The molecule has 2 rings (SSSR count). The molecule has 0 amide bonds. The fourth-order valence-electron chi connectivity index (χ4n) is 1.55. The van der Waals surface area contributed by atoms with E-state index in [0.29, 0.717) is 4.77 Å². The first-order chi connectivity index (χ1) is 8.29. The highest BCUT2D eigenvalue weighted by molar-refractivity contribution is 7.71. The normalized spacial score (nSPS) is 10.4. The first-order valence-electron chi connectivity index (χ1n) is 5.80. The number of H-pyrrole nitrogens is 2. The highest BCUT2D eigenvalue weighted by Crippen LogP contribution is 2.20. The number of benzene rings is 1. The zero-order valence-electron chi connectivity index (χ0n) is 9.82. The van der Waals surface area contributed by atoms with E-state index in [0.717, 1.165) is 36.5 Å². The molecule has 2 N–H and O–H groups in total. The van der Waals surface area contributed by atoms with Gasteiger partial charge in [0.15, 0.2) is 4.77 Å². The Hall–Kier alpha value is -1.55. The second-order valence-corrected chi connectivity index (χ2v) is 4.29. The van der Waals surface area contributed by atoms with Gasteiger partial charge in [0.2, 0.25) is 0 Å². The molecule has 1 aromatic carbocycles. The van der Waals surface area contributed by atoms with Crippen LogP contribution in [0.5, 0.6) is 5.75 Å². The highest BCUT2D eigenvalue weighted by atomic mass is 32.1. The van der Waals surface area contributed by atoms with Gasteiger partial charge in [-0.2, -0.15) is 0 Å². The SMILES string of the molecule is CCCCOc1ccc(-c2c[nH]c(=S)[nH]2)cc1. The maximum Gasteiger partial charge on any atom is 0.174 e. The van der Waals surface area contributed by atoms with Crippen LogP contribution in [0, 0.1) is 4.77 Å². The zero-order valence-corrected chi connectivity index (χ0v) is 10.6. The molecule has 0 unspecified atom stereocenters. The summed E-state index contributed by atoms with van der Waals surface area (Å²) in [6.07, 6.45) is 4.11. The van der Waals surface area contributed by atoms with Crippen LogP contribution in [0.4, 0.5) is 0 Å². The van der Waals surface area contributed by atoms with Crippen LogP contribution < -0.4 is 4.74 Å². The van der Waals surface area contributed by atoms with E-state index in [4.69, 9.17) is 17.0 Å². The molecule has 3 nitrogen and oxygen atoms in total. The average molecular weight is 248 g/mol. The van der Waals surface area contributed by atoms with Crippen molar-refractivity contribution in [2.75, 3.05) is 6.61 Å². The molecule has 0 radical (unpaired) electrons. The Morgan fingerprint density at radius 2 is 2.00 bits per heavy atom. The lowest BCUT2D eigenvalue weighted by Gasteiger charge is -2.05. The maximum absolute atomic E-state index is 5.60. The smallest absolute Gasteiger partial charge is 0.174 e. The van der Waals surface area contributed by atoms with Crippen molar-refractivity contribution in [1.29, 1.82) is 0 Å². The topological polar surface area (TPSA) is 40.8 Å². The van der Waals surface area contributed by atoms with E-state index in [9.17, 15) is 0 Å².